The van der Waals surface area contributed by atoms with Gasteiger partial charge < -0.3 is 10.1 Å². The number of nitrogens with one attached hydrogen (secondary N) is 1. The van der Waals surface area contributed by atoms with Gasteiger partial charge in [0.1, 0.15) is 0 Å². The molecule has 2 rings (SSSR count). The Morgan fingerprint density at radius 2 is 2.14 bits per heavy atom. The second kappa shape index (κ2) is 6.64. The van der Waals surface area contributed by atoms with E-state index in [0.29, 0.717) is 12.3 Å². The summed E-state index contributed by atoms with van der Waals surface area (Å²) in [4.78, 5) is 24.4. The van der Waals surface area contributed by atoms with Crippen LogP contribution >= 0.6 is 0 Å². The summed E-state index contributed by atoms with van der Waals surface area (Å²) >= 11 is 0. The topological polar surface area (TPSA) is 84.7 Å². The third kappa shape index (κ3) is 3.99. The lowest BCUT2D eigenvalue weighted by atomic mass is 10.2. The highest BCUT2D eigenvalue weighted by molar-refractivity contribution is 5.94. The fraction of sp³-hybridized carbons (Fsp3) is 0.500. The van der Waals surface area contributed by atoms with Gasteiger partial charge in [0, 0.05) is 30.9 Å². The Balaban J connectivity index is 1.95. The molecule has 21 heavy (non-hydrogen) atoms. The zero-order valence-electron chi connectivity index (χ0n) is 12.1. The summed E-state index contributed by atoms with van der Waals surface area (Å²) in [5, 5.41) is 13.4. The molecule has 1 aliphatic heterocycles. The maximum Gasteiger partial charge on any atom is 0.269 e. The Kier molecular flexibility index (Phi) is 4.87. The van der Waals surface area contributed by atoms with Crippen molar-refractivity contribution in [2.75, 3.05) is 25.0 Å². The van der Waals surface area contributed by atoms with Crippen LogP contribution in [0.2, 0.25) is 0 Å². The van der Waals surface area contributed by atoms with Crippen LogP contribution in [0.3, 0.4) is 0 Å². The molecule has 0 bridgehead atoms. The molecule has 1 saturated heterocycles. The number of anilines is 1. The zero-order valence-corrected chi connectivity index (χ0v) is 12.1. The van der Waals surface area contributed by atoms with E-state index in [4.69, 9.17) is 4.74 Å². The lowest BCUT2D eigenvalue weighted by molar-refractivity contribution is -0.384. The molecule has 1 aromatic carbocycles. The summed E-state index contributed by atoms with van der Waals surface area (Å²) in [5.74, 6) is -0.127. The molecule has 0 saturated carbocycles. The van der Waals surface area contributed by atoms with Crippen molar-refractivity contribution in [2.45, 2.75) is 26.0 Å². The van der Waals surface area contributed by atoms with E-state index in [0.717, 1.165) is 13.1 Å². The van der Waals surface area contributed by atoms with Gasteiger partial charge in [-0.15, -0.1) is 0 Å². The lowest BCUT2D eigenvalue weighted by Gasteiger charge is -2.34. The van der Waals surface area contributed by atoms with Crippen molar-refractivity contribution < 1.29 is 14.5 Å². The number of hydrogen-bond donors (Lipinski definition) is 1. The number of nitro benzene ring substituents is 1. The molecule has 1 amide bonds. The van der Waals surface area contributed by atoms with E-state index >= 15 is 0 Å². The fourth-order valence-electron chi connectivity index (χ4n) is 2.28. The molecule has 7 heteroatoms. The van der Waals surface area contributed by atoms with Crippen LogP contribution in [-0.4, -0.2) is 47.6 Å². The van der Waals surface area contributed by atoms with Gasteiger partial charge in [0.05, 0.1) is 23.7 Å². The Hall–Kier alpha value is -1.99. The van der Waals surface area contributed by atoms with Gasteiger partial charge in [0.2, 0.25) is 5.91 Å². The largest absolute Gasteiger partial charge is 0.376 e. The third-order valence-electron chi connectivity index (χ3n) is 3.55. The SMILES string of the molecule is C[C@@H]1CN([C@@H](C)C(=O)Nc2ccc([N+](=O)[O-])cc2)CCO1. The van der Waals surface area contributed by atoms with Crippen LogP contribution in [-0.2, 0) is 9.53 Å². The molecule has 1 N–H and O–H groups in total. The molecule has 0 unspecified atom stereocenters. The monoisotopic (exact) mass is 293 g/mol. The van der Waals surface area contributed by atoms with Gasteiger partial charge in [-0.3, -0.25) is 19.8 Å². The molecular formula is C14H19N3O4. The van der Waals surface area contributed by atoms with E-state index in [9.17, 15) is 14.9 Å². The van der Waals surface area contributed by atoms with Gasteiger partial charge in [-0.05, 0) is 26.0 Å². The summed E-state index contributed by atoms with van der Waals surface area (Å²) in [7, 11) is 0. The first kappa shape index (κ1) is 15.4. The van der Waals surface area contributed by atoms with Crippen LogP contribution in [0.1, 0.15) is 13.8 Å². The number of morpholine rings is 1. The number of carbonyl (C=O) groups excluding carboxylic acids is 1. The summed E-state index contributed by atoms with van der Waals surface area (Å²) < 4.78 is 5.45. The molecule has 1 aromatic rings. The number of rotatable bonds is 4. The Bertz CT molecular complexity index is 517. The zero-order chi connectivity index (χ0) is 15.4. The first-order valence-corrected chi connectivity index (χ1v) is 6.88. The Labute approximate surface area is 123 Å². The summed E-state index contributed by atoms with van der Waals surface area (Å²) in [5.41, 5.74) is 0.557. The predicted molar refractivity (Wildman–Crippen MR) is 78.2 cm³/mol. The molecule has 2 atom stereocenters. The number of carbonyl (C=O) groups is 1. The molecule has 0 spiro atoms. The van der Waals surface area contributed by atoms with Crippen molar-refractivity contribution in [3.63, 3.8) is 0 Å². The third-order valence-corrected chi connectivity index (χ3v) is 3.55. The average Bonchev–Trinajstić information content (AvgIpc) is 2.47. The molecule has 7 nitrogen and oxygen atoms in total. The van der Waals surface area contributed by atoms with Crippen molar-refractivity contribution in [1.82, 2.24) is 4.90 Å². The molecule has 0 aliphatic carbocycles. The molecule has 1 fully saturated rings. The van der Waals surface area contributed by atoms with Gasteiger partial charge in [-0.1, -0.05) is 0 Å². The number of nitro groups is 1. The number of hydrogen-bond acceptors (Lipinski definition) is 5. The highest BCUT2D eigenvalue weighted by atomic mass is 16.6. The van der Waals surface area contributed by atoms with Crippen LogP contribution in [0.25, 0.3) is 0 Å². The summed E-state index contributed by atoms with van der Waals surface area (Å²) in [6, 6.07) is 5.54. The molecule has 1 aliphatic rings. The van der Waals surface area contributed by atoms with Gasteiger partial charge in [-0.25, -0.2) is 0 Å². The molecule has 1 heterocycles. The van der Waals surface area contributed by atoms with Gasteiger partial charge >= 0.3 is 0 Å². The van der Waals surface area contributed by atoms with Gasteiger partial charge in [0.15, 0.2) is 0 Å². The van der Waals surface area contributed by atoms with Crippen LogP contribution in [0, 0.1) is 10.1 Å². The standard InChI is InChI=1S/C14H19N3O4/c1-10-9-16(7-8-21-10)11(2)14(18)15-12-3-5-13(6-4-12)17(19)20/h3-6,10-11H,7-9H2,1-2H3,(H,15,18)/t10-,11+/m1/s1. The number of non-ortho nitro benzene ring substituents is 1. The van der Waals surface area contributed by atoms with Crippen LogP contribution in [0.4, 0.5) is 11.4 Å². The van der Waals surface area contributed by atoms with E-state index in [1.165, 1.54) is 24.3 Å². The summed E-state index contributed by atoms with van der Waals surface area (Å²) in [6.07, 6.45) is 0.119. The minimum atomic E-state index is -0.469. The predicted octanol–water partition coefficient (Wildman–Crippen LogP) is 1.64. The van der Waals surface area contributed by atoms with Crippen LogP contribution < -0.4 is 5.32 Å². The number of amides is 1. The van der Waals surface area contributed by atoms with E-state index in [2.05, 4.69) is 10.2 Å². The van der Waals surface area contributed by atoms with Crippen molar-refractivity contribution in [3.05, 3.63) is 34.4 Å². The minimum Gasteiger partial charge on any atom is -0.376 e. The maximum atomic E-state index is 12.2. The smallest absolute Gasteiger partial charge is 0.269 e. The average molecular weight is 293 g/mol. The molecular weight excluding hydrogens is 274 g/mol. The Morgan fingerprint density at radius 3 is 2.71 bits per heavy atom. The number of nitrogens with zero attached hydrogens (tertiary/aromatic N) is 2. The van der Waals surface area contributed by atoms with Crippen molar-refractivity contribution in [2.24, 2.45) is 0 Å². The first-order valence-electron chi connectivity index (χ1n) is 6.88. The number of benzene rings is 1. The fourth-order valence-corrected chi connectivity index (χ4v) is 2.28. The lowest BCUT2D eigenvalue weighted by Crippen LogP contribution is -2.50. The van der Waals surface area contributed by atoms with Crippen molar-refractivity contribution >= 4 is 17.3 Å². The molecule has 0 aromatic heterocycles. The molecule has 0 radical (unpaired) electrons. The minimum absolute atomic E-state index is 0.00283. The normalized spacial score (nSPS) is 20.8. The van der Waals surface area contributed by atoms with Crippen molar-refractivity contribution in [3.8, 4) is 0 Å². The second-order valence-electron chi connectivity index (χ2n) is 5.15. The highest BCUT2D eigenvalue weighted by Crippen LogP contribution is 2.16. The quantitative estimate of drug-likeness (QED) is 0.674. The van der Waals surface area contributed by atoms with Gasteiger partial charge in [0.25, 0.3) is 5.69 Å². The van der Waals surface area contributed by atoms with E-state index in [1.807, 2.05) is 13.8 Å². The van der Waals surface area contributed by atoms with Crippen LogP contribution in [0.5, 0.6) is 0 Å². The Morgan fingerprint density at radius 1 is 1.48 bits per heavy atom. The van der Waals surface area contributed by atoms with E-state index in [1.54, 1.807) is 0 Å². The van der Waals surface area contributed by atoms with E-state index < -0.39 is 4.92 Å². The van der Waals surface area contributed by atoms with Crippen molar-refractivity contribution in [1.29, 1.82) is 0 Å². The highest BCUT2D eigenvalue weighted by Gasteiger charge is 2.26. The first-order chi connectivity index (χ1) is 9.97. The molecule has 114 valence electrons. The summed E-state index contributed by atoms with van der Waals surface area (Å²) in [6.45, 7) is 5.89. The van der Waals surface area contributed by atoms with E-state index in [-0.39, 0.29) is 23.7 Å². The second-order valence-corrected chi connectivity index (χ2v) is 5.15. The van der Waals surface area contributed by atoms with Gasteiger partial charge in [-0.2, -0.15) is 0 Å². The van der Waals surface area contributed by atoms with Crippen LogP contribution in [0.15, 0.2) is 24.3 Å². The maximum absolute atomic E-state index is 12.2. The number of ether oxygens (including phenoxy) is 1.